The summed E-state index contributed by atoms with van der Waals surface area (Å²) in [4.78, 5) is 11.6. The molecule has 18 heavy (non-hydrogen) atoms. The molecule has 100 valence electrons. The van der Waals surface area contributed by atoms with Gasteiger partial charge in [0.05, 0.1) is 0 Å². The van der Waals surface area contributed by atoms with Crippen LogP contribution in [-0.4, -0.2) is 22.1 Å². The second-order valence-electron chi connectivity index (χ2n) is 5.27. The van der Waals surface area contributed by atoms with Crippen molar-refractivity contribution in [3.63, 3.8) is 0 Å². The number of aromatic amines is 1. The molecule has 1 fully saturated rings. The summed E-state index contributed by atoms with van der Waals surface area (Å²) < 4.78 is 0. The summed E-state index contributed by atoms with van der Waals surface area (Å²) in [5.74, 6) is 1.11. The van der Waals surface area contributed by atoms with E-state index in [-0.39, 0.29) is 11.9 Å². The summed E-state index contributed by atoms with van der Waals surface area (Å²) in [6.07, 6.45) is 6.67. The highest BCUT2D eigenvalue weighted by molar-refractivity contribution is 5.90. The number of carbonyl (C=O) groups excluding carboxylic acids is 1. The molecule has 4 N–H and O–H groups in total. The highest BCUT2D eigenvalue weighted by atomic mass is 16.1. The first kappa shape index (κ1) is 13.1. The lowest BCUT2D eigenvalue weighted by atomic mass is 9.87. The van der Waals surface area contributed by atoms with Crippen molar-refractivity contribution < 1.29 is 4.79 Å². The summed E-state index contributed by atoms with van der Waals surface area (Å²) in [7, 11) is 0. The van der Waals surface area contributed by atoms with Gasteiger partial charge in [-0.3, -0.25) is 9.89 Å². The zero-order valence-corrected chi connectivity index (χ0v) is 10.9. The number of amides is 1. The summed E-state index contributed by atoms with van der Waals surface area (Å²) in [6, 6.07) is 1.83. The lowest BCUT2D eigenvalue weighted by molar-refractivity contribution is -0.116. The van der Waals surface area contributed by atoms with Gasteiger partial charge in [0.15, 0.2) is 5.82 Å². The first-order valence-electron chi connectivity index (χ1n) is 6.76. The summed E-state index contributed by atoms with van der Waals surface area (Å²) in [5.41, 5.74) is 6.72. The van der Waals surface area contributed by atoms with Gasteiger partial charge in [0, 0.05) is 30.1 Å². The van der Waals surface area contributed by atoms with Crippen LogP contribution in [0.1, 0.15) is 57.1 Å². The van der Waals surface area contributed by atoms with E-state index in [1.54, 1.807) is 0 Å². The van der Waals surface area contributed by atoms with E-state index in [0.717, 1.165) is 5.69 Å². The van der Waals surface area contributed by atoms with Gasteiger partial charge in [-0.15, -0.1) is 0 Å². The molecule has 5 nitrogen and oxygen atoms in total. The van der Waals surface area contributed by atoms with Crippen molar-refractivity contribution in [1.82, 2.24) is 10.2 Å². The Morgan fingerprint density at radius 2 is 2.28 bits per heavy atom. The first-order chi connectivity index (χ1) is 8.65. The number of hydrogen-bond donors (Lipinski definition) is 3. The molecule has 1 aromatic heterocycles. The van der Waals surface area contributed by atoms with Gasteiger partial charge in [0.1, 0.15) is 0 Å². The van der Waals surface area contributed by atoms with Crippen LogP contribution >= 0.6 is 0 Å². The minimum absolute atomic E-state index is 0.0771. The molecule has 0 radical (unpaired) electrons. The SMILES string of the molecule is CC(N)CC(=O)Nc1cc(C2CCCCC2)[nH]n1. The number of nitrogens with one attached hydrogen (secondary N) is 2. The molecule has 1 saturated carbocycles. The fourth-order valence-electron chi connectivity index (χ4n) is 2.51. The van der Waals surface area contributed by atoms with E-state index in [9.17, 15) is 4.79 Å². The van der Waals surface area contributed by atoms with Crippen LogP contribution in [0.3, 0.4) is 0 Å². The Balaban J connectivity index is 1.91. The fourth-order valence-corrected chi connectivity index (χ4v) is 2.51. The Kier molecular flexibility index (Phi) is 4.36. The fraction of sp³-hybridized carbons (Fsp3) is 0.692. The van der Waals surface area contributed by atoms with E-state index < -0.39 is 0 Å². The Hall–Kier alpha value is -1.36. The molecule has 0 spiro atoms. The summed E-state index contributed by atoms with van der Waals surface area (Å²) in [5, 5.41) is 9.95. The molecule has 5 heteroatoms. The molecule has 1 atom stereocenters. The largest absolute Gasteiger partial charge is 0.327 e. The van der Waals surface area contributed by atoms with Crippen molar-refractivity contribution in [3.8, 4) is 0 Å². The monoisotopic (exact) mass is 250 g/mol. The van der Waals surface area contributed by atoms with Gasteiger partial charge in [-0.05, 0) is 19.8 Å². The van der Waals surface area contributed by atoms with Crippen molar-refractivity contribution >= 4 is 11.7 Å². The van der Waals surface area contributed by atoms with Crippen LogP contribution in [0.15, 0.2) is 6.07 Å². The van der Waals surface area contributed by atoms with E-state index in [1.807, 2.05) is 13.0 Å². The van der Waals surface area contributed by atoms with Gasteiger partial charge < -0.3 is 11.1 Å². The molecule has 1 aromatic rings. The van der Waals surface area contributed by atoms with Crippen molar-refractivity contribution in [2.75, 3.05) is 5.32 Å². The van der Waals surface area contributed by atoms with Gasteiger partial charge in [-0.1, -0.05) is 19.3 Å². The molecule has 1 unspecified atom stereocenters. The third kappa shape index (κ3) is 3.57. The molecule has 1 aliphatic carbocycles. The molecule has 0 aliphatic heterocycles. The predicted octanol–water partition coefficient (Wildman–Crippen LogP) is 2.13. The lowest BCUT2D eigenvalue weighted by Gasteiger charge is -2.19. The standard InChI is InChI=1S/C13H22N4O/c1-9(14)7-13(18)15-12-8-11(16-17-12)10-5-3-2-4-6-10/h8-10H,2-7,14H2,1H3,(H2,15,16,17,18). The molecule has 0 saturated heterocycles. The van der Waals surface area contributed by atoms with Crippen molar-refractivity contribution in [3.05, 3.63) is 11.8 Å². The van der Waals surface area contributed by atoms with Crippen LogP contribution in [0.4, 0.5) is 5.82 Å². The topological polar surface area (TPSA) is 83.8 Å². The van der Waals surface area contributed by atoms with Gasteiger partial charge in [-0.2, -0.15) is 5.10 Å². The van der Waals surface area contributed by atoms with Crippen LogP contribution in [0.5, 0.6) is 0 Å². The van der Waals surface area contributed by atoms with E-state index in [0.29, 0.717) is 18.2 Å². The average molecular weight is 250 g/mol. The third-order valence-corrected chi connectivity index (χ3v) is 3.42. The molecule has 0 aromatic carbocycles. The Bertz CT molecular complexity index is 393. The molecular weight excluding hydrogens is 228 g/mol. The molecule has 1 aliphatic rings. The van der Waals surface area contributed by atoms with Crippen LogP contribution in [0.2, 0.25) is 0 Å². The quantitative estimate of drug-likeness (QED) is 0.765. The molecular formula is C13H22N4O. The minimum atomic E-state index is -0.123. The molecule has 1 amide bonds. The number of carbonyl (C=O) groups is 1. The zero-order valence-electron chi connectivity index (χ0n) is 10.9. The first-order valence-corrected chi connectivity index (χ1v) is 6.76. The second-order valence-corrected chi connectivity index (χ2v) is 5.27. The predicted molar refractivity (Wildman–Crippen MR) is 71.3 cm³/mol. The minimum Gasteiger partial charge on any atom is -0.327 e. The van der Waals surface area contributed by atoms with Crippen molar-refractivity contribution in [2.24, 2.45) is 5.73 Å². The maximum Gasteiger partial charge on any atom is 0.227 e. The number of hydrogen-bond acceptors (Lipinski definition) is 3. The normalized spacial score (nSPS) is 18.6. The number of anilines is 1. The lowest BCUT2D eigenvalue weighted by Crippen LogP contribution is -2.24. The van der Waals surface area contributed by atoms with Crippen LogP contribution in [-0.2, 0) is 4.79 Å². The maximum atomic E-state index is 11.6. The Labute approximate surface area is 108 Å². The number of H-pyrrole nitrogens is 1. The van der Waals surface area contributed by atoms with E-state index >= 15 is 0 Å². The van der Waals surface area contributed by atoms with E-state index in [2.05, 4.69) is 15.5 Å². The van der Waals surface area contributed by atoms with Gasteiger partial charge >= 0.3 is 0 Å². The number of nitrogens with zero attached hydrogens (tertiary/aromatic N) is 1. The summed E-state index contributed by atoms with van der Waals surface area (Å²) in [6.45, 7) is 1.82. The Morgan fingerprint density at radius 1 is 1.56 bits per heavy atom. The van der Waals surface area contributed by atoms with E-state index in [4.69, 9.17) is 5.73 Å². The van der Waals surface area contributed by atoms with Gasteiger partial charge in [0.2, 0.25) is 5.91 Å². The molecule has 2 rings (SSSR count). The highest BCUT2D eigenvalue weighted by Gasteiger charge is 2.18. The van der Waals surface area contributed by atoms with E-state index in [1.165, 1.54) is 32.1 Å². The molecule has 0 bridgehead atoms. The van der Waals surface area contributed by atoms with Crippen LogP contribution in [0, 0.1) is 0 Å². The average Bonchev–Trinajstić information content (AvgIpc) is 2.77. The number of rotatable bonds is 4. The Morgan fingerprint density at radius 3 is 2.94 bits per heavy atom. The van der Waals surface area contributed by atoms with Gasteiger partial charge in [0.25, 0.3) is 0 Å². The van der Waals surface area contributed by atoms with Gasteiger partial charge in [-0.25, -0.2) is 0 Å². The third-order valence-electron chi connectivity index (χ3n) is 3.42. The smallest absolute Gasteiger partial charge is 0.227 e. The summed E-state index contributed by atoms with van der Waals surface area (Å²) >= 11 is 0. The second kappa shape index (κ2) is 6.00. The van der Waals surface area contributed by atoms with Crippen LogP contribution < -0.4 is 11.1 Å². The van der Waals surface area contributed by atoms with Crippen molar-refractivity contribution in [1.29, 1.82) is 0 Å². The number of nitrogens with two attached hydrogens (primary N) is 1. The highest BCUT2D eigenvalue weighted by Crippen LogP contribution is 2.32. The maximum absolute atomic E-state index is 11.6. The van der Waals surface area contributed by atoms with Crippen molar-refractivity contribution in [2.45, 2.75) is 57.4 Å². The zero-order chi connectivity index (χ0) is 13.0. The van der Waals surface area contributed by atoms with Crippen LogP contribution in [0.25, 0.3) is 0 Å². The molecule has 1 heterocycles. The number of aromatic nitrogens is 2.